The maximum Gasteiger partial charge on any atom is 0.336 e. The van der Waals surface area contributed by atoms with E-state index < -0.39 is 10.9 Å². The quantitative estimate of drug-likeness (QED) is 0.125. The van der Waals surface area contributed by atoms with Crippen LogP contribution in [0.15, 0.2) is 88.4 Å². The Morgan fingerprint density at radius 3 is 2.43 bits per heavy atom. The minimum absolute atomic E-state index is 0.00187. The number of hydrogen-bond acceptors (Lipinski definition) is 6. The van der Waals surface area contributed by atoms with Crippen LogP contribution < -0.4 is 10.2 Å². The van der Waals surface area contributed by atoms with Gasteiger partial charge in [0.05, 0.1) is 16.8 Å². The van der Waals surface area contributed by atoms with Crippen LogP contribution in [0.5, 0.6) is 5.75 Å². The number of hydrazone groups is 1. The van der Waals surface area contributed by atoms with Crippen molar-refractivity contribution in [1.29, 1.82) is 0 Å². The number of rotatable bonds is 7. The highest BCUT2D eigenvalue weighted by molar-refractivity contribution is 9.10. The van der Waals surface area contributed by atoms with E-state index in [1.54, 1.807) is 42.5 Å². The fraction of sp³-hybridized carbons (Fsp3) is 0. The fourth-order valence-corrected chi connectivity index (χ4v) is 2.66. The van der Waals surface area contributed by atoms with Crippen molar-refractivity contribution in [3.8, 4) is 5.75 Å². The average Bonchev–Trinajstić information content (AvgIpc) is 2.75. The molecule has 0 saturated heterocycles. The number of carbonyl (C=O) groups excluding carboxylic acids is 1. The van der Waals surface area contributed by atoms with Crippen LogP contribution in [0.1, 0.15) is 11.1 Å². The molecule has 0 aliphatic heterocycles. The number of halogens is 1. The van der Waals surface area contributed by atoms with Crippen LogP contribution in [0, 0.1) is 10.1 Å². The average molecular weight is 466 g/mol. The lowest BCUT2D eigenvalue weighted by Crippen LogP contribution is -2.05. The molecular formula is C22H16BrN3O4. The summed E-state index contributed by atoms with van der Waals surface area (Å²) in [4.78, 5) is 22.4. The number of hydrogen-bond donors (Lipinski definition) is 1. The maximum atomic E-state index is 12.2. The van der Waals surface area contributed by atoms with Crippen molar-refractivity contribution in [2.45, 2.75) is 0 Å². The van der Waals surface area contributed by atoms with Gasteiger partial charge >= 0.3 is 5.97 Å². The summed E-state index contributed by atoms with van der Waals surface area (Å²) in [6, 6.07) is 20.3. The molecule has 0 amide bonds. The third-order valence-electron chi connectivity index (χ3n) is 3.89. The van der Waals surface area contributed by atoms with Crippen LogP contribution in [0.2, 0.25) is 0 Å². The number of nitro groups is 1. The summed E-state index contributed by atoms with van der Waals surface area (Å²) in [6.45, 7) is 0. The normalized spacial score (nSPS) is 11.0. The van der Waals surface area contributed by atoms with Gasteiger partial charge in [0, 0.05) is 28.2 Å². The lowest BCUT2D eigenvalue weighted by molar-refractivity contribution is -0.384. The van der Waals surface area contributed by atoms with Gasteiger partial charge < -0.3 is 4.74 Å². The molecule has 0 bridgehead atoms. The fourth-order valence-electron chi connectivity index (χ4n) is 2.39. The van der Waals surface area contributed by atoms with Gasteiger partial charge in [-0.25, -0.2) is 4.79 Å². The van der Waals surface area contributed by atoms with Crippen LogP contribution in [0.3, 0.4) is 0 Å². The van der Waals surface area contributed by atoms with Gasteiger partial charge in [0.25, 0.3) is 5.69 Å². The monoisotopic (exact) mass is 465 g/mol. The minimum atomic E-state index is -0.512. The Morgan fingerprint density at radius 2 is 1.73 bits per heavy atom. The van der Waals surface area contributed by atoms with Crippen molar-refractivity contribution in [1.82, 2.24) is 0 Å². The van der Waals surface area contributed by atoms with Gasteiger partial charge in [0.1, 0.15) is 5.75 Å². The summed E-state index contributed by atoms with van der Waals surface area (Å²) in [7, 11) is 0. The van der Waals surface area contributed by atoms with Gasteiger partial charge in [-0.2, -0.15) is 5.10 Å². The molecule has 1 N–H and O–H groups in total. The topological polar surface area (TPSA) is 93.8 Å². The first-order valence-corrected chi connectivity index (χ1v) is 9.58. The number of nitrogens with one attached hydrogen (secondary N) is 1. The molecule has 0 aromatic heterocycles. The zero-order chi connectivity index (χ0) is 21.3. The molecule has 0 radical (unpaired) electrons. The van der Waals surface area contributed by atoms with E-state index in [0.29, 0.717) is 17.0 Å². The Kier molecular flexibility index (Phi) is 7.07. The van der Waals surface area contributed by atoms with Gasteiger partial charge in [0.15, 0.2) is 0 Å². The van der Waals surface area contributed by atoms with E-state index in [0.717, 1.165) is 10.0 Å². The molecule has 150 valence electrons. The van der Waals surface area contributed by atoms with Crippen molar-refractivity contribution in [3.63, 3.8) is 0 Å². The second kappa shape index (κ2) is 10.1. The molecular weight excluding hydrogens is 450 g/mol. The van der Waals surface area contributed by atoms with Crippen molar-refractivity contribution in [3.05, 3.63) is 105 Å². The number of nitrogens with zero attached hydrogens (tertiary/aromatic N) is 2. The van der Waals surface area contributed by atoms with Crippen LogP contribution >= 0.6 is 15.9 Å². The van der Waals surface area contributed by atoms with Gasteiger partial charge in [0.2, 0.25) is 0 Å². The molecule has 0 fully saturated rings. The SMILES string of the molecule is O=C(/C=C/c1ccc(Br)cc1)Oc1ccccc1/C=N/Nc1ccc([N+](=O)[O-])cc1. The number of carbonyl (C=O) groups is 1. The lowest BCUT2D eigenvalue weighted by Gasteiger charge is -2.05. The summed E-state index contributed by atoms with van der Waals surface area (Å²) in [6.07, 6.45) is 4.52. The number of benzene rings is 3. The van der Waals surface area contributed by atoms with Gasteiger partial charge in [-0.1, -0.05) is 40.2 Å². The summed E-state index contributed by atoms with van der Waals surface area (Å²) >= 11 is 3.36. The van der Waals surface area contributed by atoms with Crippen LogP contribution in [0.4, 0.5) is 11.4 Å². The van der Waals surface area contributed by atoms with E-state index >= 15 is 0 Å². The first-order valence-electron chi connectivity index (χ1n) is 8.79. The summed E-state index contributed by atoms with van der Waals surface area (Å²) in [5, 5.41) is 14.8. The summed E-state index contributed by atoms with van der Waals surface area (Å²) in [5.74, 6) is -0.153. The number of esters is 1. The predicted molar refractivity (Wildman–Crippen MR) is 120 cm³/mol. The summed E-state index contributed by atoms with van der Waals surface area (Å²) in [5.41, 5.74) is 4.83. The maximum absolute atomic E-state index is 12.2. The number of non-ortho nitro benzene ring substituents is 1. The standard InChI is InChI=1S/C22H16BrN3O4/c23-18-8-5-16(6-9-18)7-14-22(27)30-21-4-2-1-3-17(21)15-24-25-19-10-12-20(13-11-19)26(28)29/h1-15,25H/b14-7+,24-15+. The zero-order valence-electron chi connectivity index (χ0n) is 15.6. The van der Waals surface area contributed by atoms with Crippen molar-refractivity contribution < 1.29 is 14.5 Å². The molecule has 30 heavy (non-hydrogen) atoms. The molecule has 3 aromatic rings. The number of nitro benzene ring substituents is 1. The van der Waals surface area contributed by atoms with E-state index in [-0.39, 0.29) is 5.69 Å². The molecule has 0 saturated carbocycles. The Balaban J connectivity index is 1.63. The van der Waals surface area contributed by atoms with Gasteiger partial charge in [-0.05, 0) is 48.0 Å². The Morgan fingerprint density at radius 1 is 1.03 bits per heavy atom. The predicted octanol–water partition coefficient (Wildman–Crippen LogP) is 5.42. The number of para-hydroxylation sites is 1. The van der Waals surface area contributed by atoms with Crippen molar-refractivity contribution >= 4 is 45.6 Å². The highest BCUT2D eigenvalue weighted by Gasteiger charge is 2.06. The highest BCUT2D eigenvalue weighted by atomic mass is 79.9. The van der Waals surface area contributed by atoms with E-state index in [4.69, 9.17) is 4.74 Å². The molecule has 0 atom stereocenters. The second-order valence-corrected chi connectivity index (χ2v) is 6.93. The largest absolute Gasteiger partial charge is 0.423 e. The first-order chi connectivity index (χ1) is 14.5. The number of anilines is 1. The molecule has 0 aliphatic carbocycles. The molecule has 8 heteroatoms. The van der Waals surface area contributed by atoms with E-state index in [1.165, 1.54) is 24.4 Å². The van der Waals surface area contributed by atoms with Crippen LogP contribution in [0.25, 0.3) is 6.08 Å². The van der Waals surface area contributed by atoms with E-state index in [1.807, 2.05) is 24.3 Å². The molecule has 0 heterocycles. The Bertz CT molecular complexity index is 1090. The first kappa shape index (κ1) is 20.9. The molecule has 0 spiro atoms. The minimum Gasteiger partial charge on any atom is -0.423 e. The van der Waals surface area contributed by atoms with Gasteiger partial charge in [-0.15, -0.1) is 0 Å². The second-order valence-electron chi connectivity index (χ2n) is 6.02. The number of ether oxygens (including phenoxy) is 1. The zero-order valence-corrected chi connectivity index (χ0v) is 17.2. The van der Waals surface area contributed by atoms with Crippen LogP contribution in [-0.4, -0.2) is 17.1 Å². The Hall–Kier alpha value is -3.78. The van der Waals surface area contributed by atoms with Gasteiger partial charge in [-0.3, -0.25) is 15.5 Å². The van der Waals surface area contributed by atoms with E-state index in [9.17, 15) is 14.9 Å². The smallest absolute Gasteiger partial charge is 0.336 e. The van der Waals surface area contributed by atoms with Crippen molar-refractivity contribution in [2.75, 3.05) is 5.43 Å². The molecule has 3 aromatic carbocycles. The van der Waals surface area contributed by atoms with Crippen molar-refractivity contribution in [2.24, 2.45) is 5.10 Å². The van der Waals surface area contributed by atoms with Crippen LogP contribution in [-0.2, 0) is 4.79 Å². The third kappa shape index (κ3) is 6.11. The van der Waals surface area contributed by atoms with E-state index in [2.05, 4.69) is 26.5 Å². The Labute approximate surface area is 181 Å². The molecule has 3 rings (SSSR count). The molecule has 0 aliphatic rings. The molecule has 7 nitrogen and oxygen atoms in total. The lowest BCUT2D eigenvalue weighted by atomic mass is 10.2. The molecule has 0 unspecified atom stereocenters. The highest BCUT2D eigenvalue weighted by Crippen LogP contribution is 2.18. The summed E-state index contributed by atoms with van der Waals surface area (Å²) < 4.78 is 6.36. The third-order valence-corrected chi connectivity index (χ3v) is 4.42.